The molecule has 0 bridgehead atoms. The predicted octanol–water partition coefficient (Wildman–Crippen LogP) is 2.54. The summed E-state index contributed by atoms with van der Waals surface area (Å²) < 4.78 is 12.9. The van der Waals surface area contributed by atoms with Crippen molar-refractivity contribution in [3.8, 4) is 0 Å². The molecule has 0 aromatic heterocycles. The summed E-state index contributed by atoms with van der Waals surface area (Å²) in [4.78, 5) is 0. The molecule has 0 aliphatic heterocycles. The fourth-order valence-corrected chi connectivity index (χ4v) is 2.07. The highest BCUT2D eigenvalue weighted by Gasteiger charge is 2.22. The Balaban J connectivity index is 2.01. The average molecular weight is 209 g/mol. The lowest BCUT2D eigenvalue weighted by Gasteiger charge is -2.29. The van der Waals surface area contributed by atoms with Gasteiger partial charge in [0.2, 0.25) is 0 Å². The summed E-state index contributed by atoms with van der Waals surface area (Å²) in [7, 11) is 0. The Morgan fingerprint density at radius 3 is 2.80 bits per heavy atom. The van der Waals surface area contributed by atoms with Crippen LogP contribution in [0.25, 0.3) is 0 Å². The van der Waals surface area contributed by atoms with Gasteiger partial charge in [-0.15, -0.1) is 0 Å². The molecule has 1 saturated carbocycles. The van der Waals surface area contributed by atoms with Crippen LogP contribution >= 0.6 is 0 Å². The Kier molecular flexibility index (Phi) is 3.21. The van der Waals surface area contributed by atoms with Gasteiger partial charge in [0, 0.05) is 5.69 Å². The molecule has 15 heavy (non-hydrogen) atoms. The molecule has 0 amide bonds. The molecule has 1 aromatic carbocycles. The van der Waals surface area contributed by atoms with Gasteiger partial charge in [-0.25, -0.2) is 4.39 Å². The lowest BCUT2D eigenvalue weighted by molar-refractivity contribution is 0.116. The minimum atomic E-state index is -0.304. The molecular weight excluding hydrogens is 193 g/mol. The van der Waals surface area contributed by atoms with Crippen molar-refractivity contribution in [3.05, 3.63) is 30.1 Å². The van der Waals surface area contributed by atoms with E-state index >= 15 is 0 Å². The highest BCUT2D eigenvalue weighted by atomic mass is 19.1. The maximum absolute atomic E-state index is 12.9. The normalized spacial score (nSPS) is 26.3. The second-order valence-corrected chi connectivity index (χ2v) is 4.11. The van der Waals surface area contributed by atoms with Crippen LogP contribution in [-0.2, 0) is 0 Å². The van der Waals surface area contributed by atoms with Crippen LogP contribution in [0.5, 0.6) is 0 Å². The van der Waals surface area contributed by atoms with Crippen molar-refractivity contribution in [2.75, 3.05) is 5.32 Å². The second kappa shape index (κ2) is 4.62. The molecule has 0 unspecified atom stereocenters. The summed E-state index contributed by atoms with van der Waals surface area (Å²) in [5.74, 6) is -0.245. The third kappa shape index (κ3) is 2.69. The van der Waals surface area contributed by atoms with Gasteiger partial charge in [0.25, 0.3) is 0 Å². The zero-order chi connectivity index (χ0) is 10.7. The van der Waals surface area contributed by atoms with Crippen molar-refractivity contribution in [2.45, 2.75) is 37.8 Å². The van der Waals surface area contributed by atoms with Gasteiger partial charge < -0.3 is 10.4 Å². The van der Waals surface area contributed by atoms with E-state index in [9.17, 15) is 9.50 Å². The summed E-state index contributed by atoms with van der Waals surface area (Å²) in [6.45, 7) is 0. The lowest BCUT2D eigenvalue weighted by atomic mass is 9.92. The number of aliphatic hydroxyl groups is 1. The maximum atomic E-state index is 12.9. The summed E-state index contributed by atoms with van der Waals surface area (Å²) in [5.41, 5.74) is 0.751. The van der Waals surface area contributed by atoms with Gasteiger partial charge in [0.1, 0.15) is 5.82 Å². The van der Waals surface area contributed by atoms with Gasteiger partial charge in [-0.2, -0.15) is 0 Å². The summed E-state index contributed by atoms with van der Waals surface area (Å²) in [5, 5.41) is 12.9. The Hall–Kier alpha value is -1.09. The maximum Gasteiger partial charge on any atom is 0.125 e. The van der Waals surface area contributed by atoms with Crippen LogP contribution in [0.4, 0.5) is 10.1 Å². The van der Waals surface area contributed by atoms with Crippen molar-refractivity contribution in [3.63, 3.8) is 0 Å². The number of benzene rings is 1. The first kappa shape index (κ1) is 10.4. The SMILES string of the molecule is O[C@@H]1CCCC[C@H]1Nc1cccc(F)c1. The first-order chi connectivity index (χ1) is 7.25. The average Bonchev–Trinajstić information content (AvgIpc) is 2.22. The molecule has 82 valence electrons. The summed E-state index contributed by atoms with van der Waals surface area (Å²) in [6.07, 6.45) is 3.71. The molecule has 1 aromatic rings. The highest BCUT2D eigenvalue weighted by Crippen LogP contribution is 2.22. The molecular formula is C12H16FNO. The number of aliphatic hydroxyl groups excluding tert-OH is 1. The van der Waals surface area contributed by atoms with Gasteiger partial charge >= 0.3 is 0 Å². The number of anilines is 1. The van der Waals surface area contributed by atoms with Crippen molar-refractivity contribution in [1.29, 1.82) is 0 Å². The van der Waals surface area contributed by atoms with E-state index in [-0.39, 0.29) is 18.0 Å². The Morgan fingerprint density at radius 1 is 1.27 bits per heavy atom. The van der Waals surface area contributed by atoms with Crippen LogP contribution in [-0.4, -0.2) is 17.3 Å². The smallest absolute Gasteiger partial charge is 0.125 e. The molecule has 0 heterocycles. The third-order valence-electron chi connectivity index (χ3n) is 2.91. The Labute approximate surface area is 89.1 Å². The summed E-state index contributed by atoms with van der Waals surface area (Å²) in [6, 6.07) is 6.45. The second-order valence-electron chi connectivity index (χ2n) is 4.11. The first-order valence-electron chi connectivity index (χ1n) is 5.46. The zero-order valence-electron chi connectivity index (χ0n) is 8.62. The van der Waals surface area contributed by atoms with Crippen LogP contribution in [0.1, 0.15) is 25.7 Å². The van der Waals surface area contributed by atoms with Crippen LogP contribution < -0.4 is 5.32 Å². The van der Waals surface area contributed by atoms with E-state index < -0.39 is 0 Å². The highest BCUT2D eigenvalue weighted by molar-refractivity contribution is 5.44. The molecule has 2 rings (SSSR count). The van der Waals surface area contributed by atoms with Crippen molar-refractivity contribution >= 4 is 5.69 Å². The number of halogens is 1. The standard InChI is InChI=1S/C12H16FNO/c13-9-4-3-5-10(8-9)14-11-6-1-2-7-12(11)15/h3-5,8,11-12,14-15H,1-2,6-7H2/t11-,12-/m1/s1. The van der Waals surface area contributed by atoms with Gasteiger partial charge in [0.05, 0.1) is 12.1 Å². The van der Waals surface area contributed by atoms with Gasteiger partial charge in [-0.1, -0.05) is 18.9 Å². The Morgan fingerprint density at radius 2 is 2.07 bits per heavy atom. The molecule has 1 aliphatic rings. The molecule has 0 spiro atoms. The van der Waals surface area contributed by atoms with Gasteiger partial charge in [-0.3, -0.25) is 0 Å². The predicted molar refractivity (Wildman–Crippen MR) is 58.3 cm³/mol. The van der Waals surface area contributed by atoms with Crippen LogP contribution in [0.15, 0.2) is 24.3 Å². The monoisotopic (exact) mass is 209 g/mol. The number of rotatable bonds is 2. The number of hydrogen-bond acceptors (Lipinski definition) is 2. The topological polar surface area (TPSA) is 32.3 Å². The fraction of sp³-hybridized carbons (Fsp3) is 0.500. The quantitative estimate of drug-likeness (QED) is 0.784. The number of nitrogens with one attached hydrogen (secondary N) is 1. The molecule has 2 atom stereocenters. The molecule has 0 saturated heterocycles. The van der Waals surface area contributed by atoms with Crippen molar-refractivity contribution in [2.24, 2.45) is 0 Å². The molecule has 1 aliphatic carbocycles. The minimum absolute atomic E-state index is 0.0700. The summed E-state index contributed by atoms with van der Waals surface area (Å²) >= 11 is 0. The van der Waals surface area contributed by atoms with Crippen LogP contribution in [0.2, 0.25) is 0 Å². The third-order valence-corrected chi connectivity index (χ3v) is 2.91. The molecule has 2 N–H and O–H groups in total. The zero-order valence-corrected chi connectivity index (χ0v) is 8.62. The Bertz CT molecular complexity index is 329. The fourth-order valence-electron chi connectivity index (χ4n) is 2.07. The largest absolute Gasteiger partial charge is 0.391 e. The van der Waals surface area contributed by atoms with E-state index in [1.807, 2.05) is 6.07 Å². The van der Waals surface area contributed by atoms with E-state index in [1.165, 1.54) is 12.1 Å². The van der Waals surface area contributed by atoms with Gasteiger partial charge in [-0.05, 0) is 31.0 Å². The number of hydrogen-bond donors (Lipinski definition) is 2. The molecule has 3 heteroatoms. The van der Waals surface area contributed by atoms with Gasteiger partial charge in [0.15, 0.2) is 0 Å². The molecule has 0 radical (unpaired) electrons. The van der Waals surface area contributed by atoms with Crippen molar-refractivity contribution in [1.82, 2.24) is 0 Å². The lowest BCUT2D eigenvalue weighted by Crippen LogP contribution is -2.36. The van der Waals surface area contributed by atoms with Crippen LogP contribution in [0.3, 0.4) is 0 Å². The van der Waals surface area contributed by atoms with E-state index in [4.69, 9.17) is 0 Å². The van der Waals surface area contributed by atoms with E-state index in [0.29, 0.717) is 0 Å². The molecule has 1 fully saturated rings. The van der Waals surface area contributed by atoms with E-state index in [2.05, 4.69) is 5.32 Å². The van der Waals surface area contributed by atoms with Crippen molar-refractivity contribution < 1.29 is 9.50 Å². The van der Waals surface area contributed by atoms with E-state index in [1.54, 1.807) is 6.07 Å². The molecule has 2 nitrogen and oxygen atoms in total. The van der Waals surface area contributed by atoms with E-state index in [0.717, 1.165) is 31.4 Å². The minimum Gasteiger partial charge on any atom is -0.391 e. The first-order valence-corrected chi connectivity index (χ1v) is 5.46. The van der Waals surface area contributed by atoms with Crippen LogP contribution in [0, 0.1) is 5.82 Å².